The normalized spacial score (nSPS) is 20.4. The minimum absolute atomic E-state index is 0.270. The summed E-state index contributed by atoms with van der Waals surface area (Å²) >= 11 is 5.73. The molecule has 0 spiro atoms. The average Bonchev–Trinajstić information content (AvgIpc) is 2.41. The molecule has 2 N–H and O–H groups in total. The van der Waals surface area contributed by atoms with Gasteiger partial charge in [-0.05, 0) is 43.2 Å². The van der Waals surface area contributed by atoms with E-state index in [0.717, 1.165) is 12.8 Å². The van der Waals surface area contributed by atoms with Crippen molar-refractivity contribution in [2.75, 3.05) is 6.54 Å². The van der Waals surface area contributed by atoms with E-state index in [1.807, 2.05) is 0 Å². The van der Waals surface area contributed by atoms with Gasteiger partial charge >= 0.3 is 0 Å². The Kier molecular flexibility index (Phi) is 4.35. The molecule has 1 aromatic rings. The fourth-order valence-electron chi connectivity index (χ4n) is 2.41. The molecule has 0 radical (unpaired) electrons. The Morgan fingerprint density at radius 1 is 1.35 bits per heavy atom. The summed E-state index contributed by atoms with van der Waals surface area (Å²) in [6, 6.07) is 3.20. The number of aromatic nitrogens is 1. The van der Waals surface area contributed by atoms with Crippen LogP contribution in [0.15, 0.2) is 18.3 Å². The van der Waals surface area contributed by atoms with Crippen LogP contribution in [0.3, 0.4) is 0 Å². The Morgan fingerprint density at radius 2 is 2.00 bits per heavy atom. The number of hydrogen-bond acceptors (Lipinski definition) is 3. The van der Waals surface area contributed by atoms with Gasteiger partial charge in [-0.3, -0.25) is 4.79 Å². The SMILES string of the molecule is CC1(C)CCC(O)(CNC(=O)c2ccc(Cl)cn2)CC1. The van der Waals surface area contributed by atoms with Crippen molar-refractivity contribution in [1.29, 1.82) is 0 Å². The Hall–Kier alpha value is -1.13. The molecule has 1 amide bonds. The zero-order valence-corrected chi connectivity index (χ0v) is 12.7. The highest BCUT2D eigenvalue weighted by atomic mass is 35.5. The molecule has 1 saturated carbocycles. The Morgan fingerprint density at radius 3 is 2.55 bits per heavy atom. The fourth-order valence-corrected chi connectivity index (χ4v) is 2.53. The molecule has 1 heterocycles. The third-order valence-electron chi connectivity index (χ3n) is 4.07. The molecular formula is C15H21ClN2O2. The summed E-state index contributed by atoms with van der Waals surface area (Å²) in [6.45, 7) is 4.69. The van der Waals surface area contributed by atoms with Crippen molar-refractivity contribution in [3.8, 4) is 0 Å². The zero-order chi connectivity index (χ0) is 14.8. The maximum absolute atomic E-state index is 11.9. The summed E-state index contributed by atoms with van der Waals surface area (Å²) < 4.78 is 0. The molecule has 0 bridgehead atoms. The van der Waals surface area contributed by atoms with E-state index in [9.17, 15) is 9.90 Å². The van der Waals surface area contributed by atoms with Crippen molar-refractivity contribution in [2.24, 2.45) is 5.41 Å². The van der Waals surface area contributed by atoms with E-state index in [1.165, 1.54) is 6.20 Å². The number of amides is 1. The monoisotopic (exact) mass is 296 g/mol. The summed E-state index contributed by atoms with van der Waals surface area (Å²) in [5, 5.41) is 13.7. The molecule has 0 aromatic carbocycles. The Labute approximate surface area is 124 Å². The van der Waals surface area contributed by atoms with Gasteiger partial charge in [0.2, 0.25) is 0 Å². The van der Waals surface area contributed by atoms with Crippen LogP contribution in [0.2, 0.25) is 5.02 Å². The Balaban J connectivity index is 1.89. The molecule has 110 valence electrons. The highest BCUT2D eigenvalue weighted by Gasteiger charge is 2.36. The second-order valence-electron chi connectivity index (χ2n) is 6.43. The topological polar surface area (TPSA) is 62.2 Å². The van der Waals surface area contributed by atoms with E-state index < -0.39 is 5.60 Å². The third-order valence-corrected chi connectivity index (χ3v) is 4.30. The maximum Gasteiger partial charge on any atom is 0.269 e. The van der Waals surface area contributed by atoms with Crippen LogP contribution in [0.25, 0.3) is 0 Å². The lowest BCUT2D eigenvalue weighted by Crippen LogP contribution is -2.46. The molecule has 20 heavy (non-hydrogen) atoms. The molecule has 0 aliphatic heterocycles. The van der Waals surface area contributed by atoms with E-state index in [1.54, 1.807) is 12.1 Å². The number of halogens is 1. The quantitative estimate of drug-likeness (QED) is 0.901. The van der Waals surface area contributed by atoms with Crippen molar-refractivity contribution in [3.63, 3.8) is 0 Å². The van der Waals surface area contributed by atoms with Crippen molar-refractivity contribution in [2.45, 2.75) is 45.1 Å². The molecule has 0 saturated heterocycles. The molecule has 1 fully saturated rings. The van der Waals surface area contributed by atoms with E-state index in [-0.39, 0.29) is 17.9 Å². The number of rotatable bonds is 3. The highest BCUT2D eigenvalue weighted by molar-refractivity contribution is 6.30. The van der Waals surface area contributed by atoms with Gasteiger partial charge in [0.1, 0.15) is 5.69 Å². The van der Waals surface area contributed by atoms with E-state index in [4.69, 9.17) is 11.6 Å². The Bertz CT molecular complexity index is 475. The first-order valence-corrected chi connectivity index (χ1v) is 7.30. The minimum atomic E-state index is -0.794. The van der Waals surface area contributed by atoms with Crippen LogP contribution < -0.4 is 5.32 Å². The number of carbonyl (C=O) groups is 1. The lowest BCUT2D eigenvalue weighted by molar-refractivity contribution is -0.0233. The fraction of sp³-hybridized carbons (Fsp3) is 0.600. The van der Waals surface area contributed by atoms with Gasteiger partial charge in [0.05, 0.1) is 10.6 Å². The van der Waals surface area contributed by atoms with Gasteiger partial charge in [0.25, 0.3) is 5.91 Å². The number of pyridine rings is 1. The van der Waals surface area contributed by atoms with Gasteiger partial charge < -0.3 is 10.4 Å². The van der Waals surface area contributed by atoms with Crippen LogP contribution in [0.5, 0.6) is 0 Å². The number of aliphatic hydroxyl groups is 1. The van der Waals surface area contributed by atoms with Gasteiger partial charge in [-0.1, -0.05) is 25.4 Å². The van der Waals surface area contributed by atoms with Crippen molar-refractivity contribution >= 4 is 17.5 Å². The van der Waals surface area contributed by atoms with Crippen LogP contribution in [0.4, 0.5) is 0 Å². The summed E-state index contributed by atoms with van der Waals surface area (Å²) in [5.74, 6) is -0.278. The molecule has 1 aliphatic carbocycles. The first kappa shape index (κ1) is 15.3. The van der Waals surface area contributed by atoms with Gasteiger partial charge in [0.15, 0.2) is 0 Å². The molecular weight excluding hydrogens is 276 g/mol. The van der Waals surface area contributed by atoms with Crippen LogP contribution in [-0.4, -0.2) is 28.1 Å². The second kappa shape index (κ2) is 5.70. The predicted molar refractivity (Wildman–Crippen MR) is 78.8 cm³/mol. The molecule has 0 atom stereocenters. The van der Waals surface area contributed by atoms with Gasteiger partial charge in [0, 0.05) is 12.7 Å². The lowest BCUT2D eigenvalue weighted by atomic mass is 9.71. The number of nitrogens with one attached hydrogen (secondary N) is 1. The summed E-state index contributed by atoms with van der Waals surface area (Å²) in [5.41, 5.74) is -0.194. The predicted octanol–water partition coefficient (Wildman–Crippen LogP) is 2.80. The highest BCUT2D eigenvalue weighted by Crippen LogP contribution is 2.39. The molecule has 0 unspecified atom stereocenters. The second-order valence-corrected chi connectivity index (χ2v) is 6.87. The maximum atomic E-state index is 11.9. The van der Waals surface area contributed by atoms with Crippen LogP contribution >= 0.6 is 11.6 Å². The van der Waals surface area contributed by atoms with Crippen molar-refractivity contribution in [1.82, 2.24) is 10.3 Å². The number of carbonyl (C=O) groups excluding carboxylic acids is 1. The molecule has 4 nitrogen and oxygen atoms in total. The standard InChI is InChI=1S/C15H21ClN2O2/c1-14(2)5-7-15(20,8-6-14)10-18-13(19)12-4-3-11(16)9-17-12/h3-4,9,20H,5-8,10H2,1-2H3,(H,18,19). The van der Waals surface area contributed by atoms with E-state index in [0.29, 0.717) is 23.6 Å². The van der Waals surface area contributed by atoms with Crippen LogP contribution in [-0.2, 0) is 0 Å². The van der Waals surface area contributed by atoms with Gasteiger partial charge in [-0.15, -0.1) is 0 Å². The summed E-state index contributed by atoms with van der Waals surface area (Å²) in [7, 11) is 0. The molecule has 2 rings (SSSR count). The van der Waals surface area contributed by atoms with E-state index >= 15 is 0 Å². The largest absolute Gasteiger partial charge is 0.388 e. The van der Waals surface area contributed by atoms with Crippen molar-refractivity contribution < 1.29 is 9.90 Å². The van der Waals surface area contributed by atoms with Crippen LogP contribution in [0, 0.1) is 5.41 Å². The van der Waals surface area contributed by atoms with Gasteiger partial charge in [-0.25, -0.2) is 4.98 Å². The first-order chi connectivity index (χ1) is 9.30. The number of nitrogens with zero attached hydrogens (tertiary/aromatic N) is 1. The van der Waals surface area contributed by atoms with Gasteiger partial charge in [-0.2, -0.15) is 0 Å². The lowest BCUT2D eigenvalue weighted by Gasteiger charge is -2.40. The van der Waals surface area contributed by atoms with Crippen molar-refractivity contribution in [3.05, 3.63) is 29.0 Å². The summed E-state index contributed by atoms with van der Waals surface area (Å²) in [4.78, 5) is 15.9. The zero-order valence-electron chi connectivity index (χ0n) is 11.9. The first-order valence-electron chi connectivity index (χ1n) is 6.92. The number of hydrogen-bond donors (Lipinski definition) is 2. The van der Waals surface area contributed by atoms with Crippen LogP contribution in [0.1, 0.15) is 50.0 Å². The average molecular weight is 297 g/mol. The molecule has 1 aliphatic rings. The molecule has 1 aromatic heterocycles. The third kappa shape index (κ3) is 3.93. The summed E-state index contributed by atoms with van der Waals surface area (Å²) in [6.07, 6.45) is 4.81. The molecule has 5 heteroatoms. The van der Waals surface area contributed by atoms with E-state index in [2.05, 4.69) is 24.1 Å². The smallest absolute Gasteiger partial charge is 0.269 e. The minimum Gasteiger partial charge on any atom is -0.388 e.